The van der Waals surface area contributed by atoms with Gasteiger partial charge in [0.1, 0.15) is 6.61 Å². The quantitative estimate of drug-likeness (QED) is 0.666. The first-order chi connectivity index (χ1) is 7.18. The molecular formula is C8H14F2N4O. The number of ether oxygens (including phenoxy) is 1. The van der Waals surface area contributed by atoms with Crippen LogP contribution in [-0.2, 0) is 18.3 Å². The largest absolute Gasteiger partial charge is 0.374 e. The van der Waals surface area contributed by atoms with Gasteiger partial charge in [-0.25, -0.2) is 8.78 Å². The van der Waals surface area contributed by atoms with Gasteiger partial charge in [-0.3, -0.25) is 4.68 Å². The Morgan fingerprint density at radius 2 is 2.40 bits per heavy atom. The van der Waals surface area contributed by atoms with Crippen molar-refractivity contribution < 1.29 is 13.5 Å². The third kappa shape index (κ3) is 5.38. The second-order valence-corrected chi connectivity index (χ2v) is 3.03. The number of halogens is 2. The maximum atomic E-state index is 11.6. The van der Waals surface area contributed by atoms with Crippen LogP contribution in [0.4, 0.5) is 8.78 Å². The minimum atomic E-state index is -2.40. The molecule has 0 atom stereocenters. The zero-order valence-corrected chi connectivity index (χ0v) is 8.49. The Balaban J connectivity index is 1.98. The van der Waals surface area contributed by atoms with Crippen molar-refractivity contribution in [2.24, 2.45) is 7.05 Å². The second kappa shape index (κ2) is 6.41. The van der Waals surface area contributed by atoms with Crippen molar-refractivity contribution in [3.05, 3.63) is 11.9 Å². The summed E-state index contributed by atoms with van der Waals surface area (Å²) in [4.78, 5) is 0. The summed E-state index contributed by atoms with van der Waals surface area (Å²) in [5.41, 5.74) is 0.811. The van der Waals surface area contributed by atoms with E-state index in [4.69, 9.17) is 0 Å². The molecule has 0 aromatic carbocycles. The zero-order chi connectivity index (χ0) is 11.1. The van der Waals surface area contributed by atoms with Gasteiger partial charge in [-0.1, -0.05) is 5.21 Å². The van der Waals surface area contributed by atoms with Crippen LogP contribution < -0.4 is 5.32 Å². The van der Waals surface area contributed by atoms with E-state index in [0.29, 0.717) is 13.1 Å². The normalized spacial score (nSPS) is 11.2. The Kier molecular flexibility index (Phi) is 5.13. The van der Waals surface area contributed by atoms with Gasteiger partial charge in [0.2, 0.25) is 0 Å². The highest BCUT2D eigenvalue weighted by atomic mass is 19.3. The Morgan fingerprint density at radius 3 is 3.00 bits per heavy atom. The van der Waals surface area contributed by atoms with Crippen molar-refractivity contribution in [1.82, 2.24) is 20.3 Å². The Morgan fingerprint density at radius 1 is 1.60 bits per heavy atom. The van der Waals surface area contributed by atoms with Gasteiger partial charge in [0.15, 0.2) is 0 Å². The standard InChI is InChI=1S/C8H14F2N4O/c1-14-5-7(12-13-14)4-11-2-3-15-6-8(9)10/h5,8,11H,2-4,6H2,1H3. The molecule has 15 heavy (non-hydrogen) atoms. The van der Waals surface area contributed by atoms with Gasteiger partial charge in [-0.15, -0.1) is 5.10 Å². The van der Waals surface area contributed by atoms with Crippen LogP contribution in [0.3, 0.4) is 0 Å². The minimum absolute atomic E-state index is 0.268. The summed E-state index contributed by atoms with van der Waals surface area (Å²) in [5, 5.41) is 10.6. The monoisotopic (exact) mass is 220 g/mol. The van der Waals surface area contributed by atoms with Crippen LogP contribution in [0.5, 0.6) is 0 Å². The molecule has 1 heterocycles. The predicted molar refractivity (Wildman–Crippen MR) is 49.5 cm³/mol. The van der Waals surface area contributed by atoms with Gasteiger partial charge in [0.05, 0.1) is 12.3 Å². The molecule has 0 fully saturated rings. The summed E-state index contributed by atoms with van der Waals surface area (Å²) in [7, 11) is 1.78. The summed E-state index contributed by atoms with van der Waals surface area (Å²) >= 11 is 0. The lowest BCUT2D eigenvalue weighted by Crippen LogP contribution is -2.20. The summed E-state index contributed by atoms with van der Waals surface area (Å²) in [6.45, 7) is 0.840. The van der Waals surface area contributed by atoms with Crippen LogP contribution in [-0.4, -0.2) is 41.2 Å². The van der Waals surface area contributed by atoms with E-state index >= 15 is 0 Å². The van der Waals surface area contributed by atoms with Crippen LogP contribution >= 0.6 is 0 Å². The lowest BCUT2D eigenvalue weighted by atomic mass is 10.4. The predicted octanol–water partition coefficient (Wildman–Crippen LogP) is 0.186. The first-order valence-electron chi connectivity index (χ1n) is 4.60. The van der Waals surface area contributed by atoms with E-state index in [2.05, 4.69) is 20.4 Å². The number of nitrogens with zero attached hydrogens (tertiary/aromatic N) is 3. The molecule has 1 N–H and O–H groups in total. The average molecular weight is 220 g/mol. The van der Waals surface area contributed by atoms with E-state index < -0.39 is 13.0 Å². The van der Waals surface area contributed by atoms with Crippen molar-refractivity contribution in [2.45, 2.75) is 13.0 Å². The van der Waals surface area contributed by atoms with Crippen molar-refractivity contribution in [3.63, 3.8) is 0 Å². The number of hydrogen-bond acceptors (Lipinski definition) is 4. The van der Waals surface area contributed by atoms with Crippen LogP contribution in [0.2, 0.25) is 0 Å². The molecule has 0 aliphatic rings. The highest BCUT2D eigenvalue weighted by Gasteiger charge is 2.01. The first kappa shape index (κ1) is 12.0. The molecule has 0 saturated carbocycles. The average Bonchev–Trinajstić information content (AvgIpc) is 2.57. The number of aryl methyl sites for hydroxylation is 1. The van der Waals surface area contributed by atoms with Crippen LogP contribution in [0.1, 0.15) is 5.69 Å². The van der Waals surface area contributed by atoms with Crippen molar-refractivity contribution in [1.29, 1.82) is 0 Å². The highest BCUT2D eigenvalue weighted by molar-refractivity contribution is 4.90. The van der Waals surface area contributed by atoms with Crippen LogP contribution in [0.25, 0.3) is 0 Å². The van der Waals surface area contributed by atoms with E-state index in [-0.39, 0.29) is 6.61 Å². The van der Waals surface area contributed by atoms with Crippen molar-refractivity contribution >= 4 is 0 Å². The fraction of sp³-hybridized carbons (Fsp3) is 0.750. The molecule has 0 radical (unpaired) electrons. The maximum absolute atomic E-state index is 11.6. The molecule has 1 aromatic rings. The van der Waals surface area contributed by atoms with Crippen molar-refractivity contribution in [2.75, 3.05) is 19.8 Å². The van der Waals surface area contributed by atoms with Gasteiger partial charge in [-0.05, 0) is 0 Å². The van der Waals surface area contributed by atoms with E-state index in [1.54, 1.807) is 17.9 Å². The zero-order valence-electron chi connectivity index (χ0n) is 8.49. The van der Waals surface area contributed by atoms with Crippen LogP contribution in [0, 0.1) is 0 Å². The lowest BCUT2D eigenvalue weighted by molar-refractivity contribution is 0.0187. The molecule has 0 aliphatic carbocycles. The first-order valence-corrected chi connectivity index (χ1v) is 4.60. The fourth-order valence-electron chi connectivity index (χ4n) is 1.01. The topological polar surface area (TPSA) is 52.0 Å². The molecule has 0 spiro atoms. The molecule has 0 amide bonds. The highest BCUT2D eigenvalue weighted by Crippen LogP contribution is 1.92. The van der Waals surface area contributed by atoms with E-state index in [1.165, 1.54) is 0 Å². The minimum Gasteiger partial charge on any atom is -0.374 e. The summed E-state index contributed by atoms with van der Waals surface area (Å²) < 4.78 is 29.6. The van der Waals surface area contributed by atoms with Gasteiger partial charge in [-0.2, -0.15) is 0 Å². The number of nitrogens with one attached hydrogen (secondary N) is 1. The van der Waals surface area contributed by atoms with E-state index in [9.17, 15) is 8.78 Å². The molecule has 0 unspecified atom stereocenters. The number of aromatic nitrogens is 3. The molecule has 0 bridgehead atoms. The molecule has 1 aromatic heterocycles. The number of hydrogen-bond donors (Lipinski definition) is 1. The lowest BCUT2D eigenvalue weighted by Gasteiger charge is -2.03. The molecule has 5 nitrogen and oxygen atoms in total. The van der Waals surface area contributed by atoms with E-state index in [1.807, 2.05) is 0 Å². The Bertz CT molecular complexity index is 279. The van der Waals surface area contributed by atoms with E-state index in [0.717, 1.165) is 5.69 Å². The van der Waals surface area contributed by atoms with Crippen LogP contribution in [0.15, 0.2) is 6.20 Å². The van der Waals surface area contributed by atoms with Gasteiger partial charge in [0.25, 0.3) is 6.43 Å². The molecule has 7 heteroatoms. The third-order valence-electron chi connectivity index (χ3n) is 1.62. The molecule has 86 valence electrons. The number of alkyl halides is 2. The van der Waals surface area contributed by atoms with Gasteiger partial charge < -0.3 is 10.1 Å². The van der Waals surface area contributed by atoms with Crippen molar-refractivity contribution in [3.8, 4) is 0 Å². The molecular weight excluding hydrogens is 206 g/mol. The van der Waals surface area contributed by atoms with Gasteiger partial charge >= 0.3 is 0 Å². The molecule has 1 rings (SSSR count). The maximum Gasteiger partial charge on any atom is 0.261 e. The molecule has 0 aliphatic heterocycles. The third-order valence-corrected chi connectivity index (χ3v) is 1.62. The summed E-state index contributed by atoms with van der Waals surface area (Å²) in [5.74, 6) is 0. The Labute approximate surface area is 86.4 Å². The smallest absolute Gasteiger partial charge is 0.261 e. The SMILES string of the molecule is Cn1cc(CNCCOCC(F)F)nn1. The molecule has 0 saturated heterocycles. The fourth-order valence-corrected chi connectivity index (χ4v) is 1.01. The summed E-state index contributed by atoms with van der Waals surface area (Å²) in [6, 6.07) is 0. The summed E-state index contributed by atoms with van der Waals surface area (Å²) in [6.07, 6.45) is -0.613. The van der Waals surface area contributed by atoms with Gasteiger partial charge in [0, 0.05) is 26.3 Å². The Hall–Kier alpha value is -1.08. The number of rotatable bonds is 7. The second-order valence-electron chi connectivity index (χ2n) is 3.03.